The lowest BCUT2D eigenvalue weighted by Gasteiger charge is -2.21. The van der Waals surface area contributed by atoms with Crippen molar-refractivity contribution in [2.45, 2.75) is 66.7 Å². The van der Waals surface area contributed by atoms with E-state index in [1.165, 1.54) is 11.3 Å². The van der Waals surface area contributed by atoms with E-state index < -0.39 is 0 Å². The molecule has 1 heterocycles. The minimum Gasteiger partial charge on any atom is -0.392 e. The SMILES string of the molecule is Cc1nn(C(C)(C)C)c(C)c1CNCC(O)C(C)C. The van der Waals surface area contributed by atoms with Gasteiger partial charge in [0.15, 0.2) is 0 Å². The Labute approximate surface area is 117 Å². The molecule has 110 valence electrons. The summed E-state index contributed by atoms with van der Waals surface area (Å²) in [7, 11) is 0. The van der Waals surface area contributed by atoms with Crippen LogP contribution in [0, 0.1) is 19.8 Å². The highest BCUT2D eigenvalue weighted by atomic mass is 16.3. The fraction of sp³-hybridized carbons (Fsp3) is 0.800. The Hall–Kier alpha value is -0.870. The number of aryl methyl sites for hydroxylation is 1. The van der Waals surface area contributed by atoms with E-state index >= 15 is 0 Å². The van der Waals surface area contributed by atoms with Crippen LogP contribution in [0.25, 0.3) is 0 Å². The van der Waals surface area contributed by atoms with Crippen LogP contribution in [0.15, 0.2) is 0 Å². The lowest BCUT2D eigenvalue weighted by atomic mass is 10.1. The average Bonchev–Trinajstić information content (AvgIpc) is 2.55. The van der Waals surface area contributed by atoms with Gasteiger partial charge in [0, 0.05) is 24.3 Å². The highest BCUT2D eigenvalue weighted by Gasteiger charge is 2.20. The number of aliphatic hydroxyl groups excluding tert-OH is 1. The van der Waals surface area contributed by atoms with Gasteiger partial charge < -0.3 is 10.4 Å². The van der Waals surface area contributed by atoms with Crippen LogP contribution in [-0.2, 0) is 12.1 Å². The number of aliphatic hydroxyl groups is 1. The van der Waals surface area contributed by atoms with E-state index in [4.69, 9.17) is 0 Å². The molecule has 0 bridgehead atoms. The van der Waals surface area contributed by atoms with E-state index in [1.54, 1.807) is 0 Å². The van der Waals surface area contributed by atoms with Gasteiger partial charge in [0.2, 0.25) is 0 Å². The number of nitrogens with zero attached hydrogens (tertiary/aromatic N) is 2. The molecular weight excluding hydrogens is 238 g/mol. The van der Waals surface area contributed by atoms with Gasteiger partial charge in [0.25, 0.3) is 0 Å². The van der Waals surface area contributed by atoms with Crippen LogP contribution in [0.5, 0.6) is 0 Å². The maximum absolute atomic E-state index is 9.79. The third-order valence-electron chi connectivity index (χ3n) is 3.50. The third-order valence-corrected chi connectivity index (χ3v) is 3.50. The predicted octanol–water partition coefficient (Wildman–Crippen LogP) is 2.36. The minimum atomic E-state index is -0.293. The summed E-state index contributed by atoms with van der Waals surface area (Å²) in [6.07, 6.45) is -0.293. The van der Waals surface area contributed by atoms with Crippen LogP contribution in [0.4, 0.5) is 0 Å². The fourth-order valence-corrected chi connectivity index (χ4v) is 2.16. The Morgan fingerprint density at radius 2 is 1.84 bits per heavy atom. The van der Waals surface area contributed by atoms with Gasteiger partial charge in [-0.3, -0.25) is 4.68 Å². The zero-order valence-electron chi connectivity index (χ0n) is 13.4. The van der Waals surface area contributed by atoms with Crippen molar-refractivity contribution in [1.29, 1.82) is 0 Å². The van der Waals surface area contributed by atoms with E-state index in [2.05, 4.69) is 42.8 Å². The molecule has 0 amide bonds. The second-order valence-corrected chi connectivity index (χ2v) is 6.67. The second-order valence-electron chi connectivity index (χ2n) is 6.67. The van der Waals surface area contributed by atoms with Gasteiger partial charge in [-0.25, -0.2) is 0 Å². The summed E-state index contributed by atoms with van der Waals surface area (Å²) in [5, 5.41) is 17.7. The maximum atomic E-state index is 9.79. The summed E-state index contributed by atoms with van der Waals surface area (Å²) in [6.45, 7) is 16.1. The van der Waals surface area contributed by atoms with E-state index in [0.717, 1.165) is 12.2 Å². The Kier molecular flexibility index (Phi) is 5.16. The molecule has 1 aromatic heterocycles. The van der Waals surface area contributed by atoms with Gasteiger partial charge in [-0.1, -0.05) is 13.8 Å². The molecule has 0 radical (unpaired) electrons. The van der Waals surface area contributed by atoms with E-state index in [1.807, 2.05) is 20.8 Å². The van der Waals surface area contributed by atoms with Crippen LogP contribution >= 0.6 is 0 Å². The van der Waals surface area contributed by atoms with Crippen LogP contribution in [-0.4, -0.2) is 27.5 Å². The molecule has 1 rings (SSSR count). The largest absolute Gasteiger partial charge is 0.392 e. The summed E-state index contributed by atoms with van der Waals surface area (Å²) in [5.74, 6) is 0.284. The van der Waals surface area contributed by atoms with Crippen molar-refractivity contribution < 1.29 is 5.11 Å². The van der Waals surface area contributed by atoms with Crippen LogP contribution < -0.4 is 5.32 Å². The Morgan fingerprint density at radius 1 is 1.26 bits per heavy atom. The molecule has 19 heavy (non-hydrogen) atoms. The molecule has 4 heteroatoms. The average molecular weight is 267 g/mol. The smallest absolute Gasteiger partial charge is 0.0687 e. The van der Waals surface area contributed by atoms with Gasteiger partial charge in [0.05, 0.1) is 17.3 Å². The van der Waals surface area contributed by atoms with Gasteiger partial charge in [-0.05, 0) is 40.5 Å². The molecule has 1 atom stereocenters. The van der Waals surface area contributed by atoms with Crippen molar-refractivity contribution in [2.24, 2.45) is 5.92 Å². The van der Waals surface area contributed by atoms with Crippen molar-refractivity contribution in [3.05, 3.63) is 17.0 Å². The quantitative estimate of drug-likeness (QED) is 0.861. The molecule has 0 aliphatic rings. The molecule has 0 fully saturated rings. The van der Waals surface area contributed by atoms with Crippen molar-refractivity contribution in [3.63, 3.8) is 0 Å². The van der Waals surface area contributed by atoms with E-state index in [-0.39, 0.29) is 17.6 Å². The Bertz CT molecular complexity index is 416. The minimum absolute atomic E-state index is 0.00450. The second kappa shape index (κ2) is 6.06. The molecule has 0 aliphatic carbocycles. The molecule has 0 aromatic carbocycles. The summed E-state index contributed by atoms with van der Waals surface area (Å²) in [4.78, 5) is 0. The molecule has 1 unspecified atom stereocenters. The lowest BCUT2D eigenvalue weighted by Crippen LogP contribution is -2.30. The molecule has 2 N–H and O–H groups in total. The molecule has 0 saturated heterocycles. The third kappa shape index (κ3) is 4.05. The monoisotopic (exact) mass is 267 g/mol. The first-order chi connectivity index (χ1) is 8.64. The zero-order valence-corrected chi connectivity index (χ0v) is 13.4. The summed E-state index contributed by atoms with van der Waals surface area (Å²) >= 11 is 0. The van der Waals surface area contributed by atoms with Crippen LogP contribution in [0.3, 0.4) is 0 Å². The number of aromatic nitrogens is 2. The number of hydrogen-bond acceptors (Lipinski definition) is 3. The number of hydrogen-bond donors (Lipinski definition) is 2. The first-order valence-electron chi connectivity index (χ1n) is 7.09. The molecular formula is C15H29N3O. The normalized spacial score (nSPS) is 14.2. The van der Waals surface area contributed by atoms with Crippen molar-refractivity contribution >= 4 is 0 Å². The molecule has 0 spiro atoms. The highest BCUT2D eigenvalue weighted by molar-refractivity contribution is 5.25. The van der Waals surface area contributed by atoms with Gasteiger partial charge in [-0.15, -0.1) is 0 Å². The topological polar surface area (TPSA) is 50.1 Å². The summed E-state index contributed by atoms with van der Waals surface area (Å²) < 4.78 is 2.08. The summed E-state index contributed by atoms with van der Waals surface area (Å²) in [6, 6.07) is 0. The fourth-order valence-electron chi connectivity index (χ4n) is 2.16. The van der Waals surface area contributed by atoms with Gasteiger partial charge in [0.1, 0.15) is 0 Å². The lowest BCUT2D eigenvalue weighted by molar-refractivity contribution is 0.123. The zero-order chi connectivity index (χ0) is 14.8. The first kappa shape index (κ1) is 16.2. The molecule has 0 aliphatic heterocycles. The maximum Gasteiger partial charge on any atom is 0.0687 e. The van der Waals surface area contributed by atoms with Crippen LogP contribution in [0.1, 0.15) is 51.6 Å². The molecule has 1 aromatic rings. The standard InChI is InChI=1S/C15H29N3O/c1-10(2)14(19)9-16-8-13-11(3)17-18(12(13)4)15(5,6)7/h10,14,16,19H,8-9H2,1-7H3. The highest BCUT2D eigenvalue weighted by Crippen LogP contribution is 2.21. The molecule has 4 nitrogen and oxygen atoms in total. The van der Waals surface area contributed by atoms with Crippen LogP contribution in [0.2, 0.25) is 0 Å². The number of nitrogens with one attached hydrogen (secondary N) is 1. The molecule has 0 saturated carbocycles. The summed E-state index contributed by atoms with van der Waals surface area (Å²) in [5.41, 5.74) is 3.52. The first-order valence-corrected chi connectivity index (χ1v) is 7.09. The van der Waals surface area contributed by atoms with Crippen molar-refractivity contribution in [2.75, 3.05) is 6.54 Å². The van der Waals surface area contributed by atoms with E-state index in [0.29, 0.717) is 6.54 Å². The number of rotatable bonds is 5. The Morgan fingerprint density at radius 3 is 2.26 bits per heavy atom. The Balaban J connectivity index is 2.72. The van der Waals surface area contributed by atoms with Crippen molar-refractivity contribution in [3.8, 4) is 0 Å². The van der Waals surface area contributed by atoms with Gasteiger partial charge in [-0.2, -0.15) is 5.10 Å². The van der Waals surface area contributed by atoms with E-state index in [9.17, 15) is 5.11 Å². The van der Waals surface area contributed by atoms with Gasteiger partial charge >= 0.3 is 0 Å². The van der Waals surface area contributed by atoms with Crippen molar-refractivity contribution in [1.82, 2.24) is 15.1 Å². The predicted molar refractivity (Wildman–Crippen MR) is 79.2 cm³/mol.